The van der Waals surface area contributed by atoms with E-state index in [1.807, 2.05) is 0 Å². The lowest BCUT2D eigenvalue weighted by Crippen LogP contribution is -2.35. The highest BCUT2D eigenvalue weighted by Crippen LogP contribution is 2.54. The number of halogens is 3. The molecule has 0 aromatic heterocycles. The second-order valence-corrected chi connectivity index (χ2v) is 12.4. The van der Waals surface area contributed by atoms with Crippen LogP contribution in [0.5, 0.6) is 0 Å². The Morgan fingerprint density at radius 2 is 1.66 bits per heavy atom. The molecular weight excluding hydrogens is 521 g/mol. The predicted molar refractivity (Wildman–Crippen MR) is 139 cm³/mol. The van der Waals surface area contributed by atoms with E-state index in [-0.39, 0.29) is 19.0 Å². The molecule has 2 aliphatic heterocycles. The van der Waals surface area contributed by atoms with Gasteiger partial charge in [0.25, 0.3) is 5.91 Å². The first-order chi connectivity index (χ1) is 17.9. The van der Waals surface area contributed by atoms with Gasteiger partial charge in [-0.2, -0.15) is 13.2 Å². The van der Waals surface area contributed by atoms with Crippen LogP contribution in [0.3, 0.4) is 0 Å². The fraction of sp³-hybridized carbons (Fsp3) is 0.500. The Bertz CT molecular complexity index is 1320. The first-order valence-corrected chi connectivity index (χ1v) is 14.3. The maximum absolute atomic E-state index is 13.4. The third-order valence-electron chi connectivity index (χ3n) is 7.65. The van der Waals surface area contributed by atoms with Gasteiger partial charge in [0.15, 0.2) is 0 Å². The molecule has 1 saturated heterocycles. The topological polar surface area (TPSA) is 102 Å². The number of nitrogens with one attached hydrogen (secondary N) is 2. The minimum Gasteiger partial charge on any atom is -0.395 e. The van der Waals surface area contributed by atoms with Crippen molar-refractivity contribution in [2.24, 2.45) is 5.41 Å². The summed E-state index contributed by atoms with van der Waals surface area (Å²) in [5.74, 6) is -0.822. The summed E-state index contributed by atoms with van der Waals surface area (Å²) in [6.45, 7) is 0.366. The number of rotatable bonds is 8. The molecule has 1 aliphatic carbocycles. The van der Waals surface area contributed by atoms with Gasteiger partial charge >= 0.3 is 6.18 Å². The van der Waals surface area contributed by atoms with E-state index < -0.39 is 35.1 Å². The molecule has 1 spiro atoms. The largest absolute Gasteiger partial charge is 0.401 e. The van der Waals surface area contributed by atoms with Crippen molar-refractivity contribution in [3.05, 3.63) is 53.1 Å². The molecule has 2 fully saturated rings. The molecule has 206 valence electrons. The quantitative estimate of drug-likeness (QED) is 0.459. The van der Waals surface area contributed by atoms with Crippen molar-refractivity contribution < 1.29 is 31.5 Å². The van der Waals surface area contributed by atoms with E-state index in [1.54, 1.807) is 30.3 Å². The number of anilines is 3. The van der Waals surface area contributed by atoms with Crippen molar-refractivity contribution in [2.45, 2.75) is 44.9 Å². The standard InChI is InChI=1S/C26H31F3N4O4S/c27-26(28,29)17-32-15-18-1-2-20(13-19(18)16-32)30-24(35)22-4-3-21(31-38(36,37)12-11-34)14-23(22)33-9-7-25(5-6-25)8-10-33/h1-4,13-14,31,34H,5-12,15-17H2,(H,30,35). The second-order valence-electron chi connectivity index (χ2n) is 10.6. The molecule has 1 saturated carbocycles. The molecule has 8 nitrogen and oxygen atoms in total. The molecular formula is C26H31F3N4O4S. The van der Waals surface area contributed by atoms with Gasteiger partial charge in [0.05, 0.1) is 35.8 Å². The van der Waals surface area contributed by atoms with Crippen molar-refractivity contribution in [3.8, 4) is 0 Å². The fourth-order valence-corrected chi connectivity index (χ4v) is 6.23. The van der Waals surface area contributed by atoms with E-state index in [4.69, 9.17) is 5.11 Å². The van der Waals surface area contributed by atoms with E-state index >= 15 is 0 Å². The van der Waals surface area contributed by atoms with Crippen LogP contribution in [-0.4, -0.2) is 62.5 Å². The molecule has 3 aliphatic rings. The number of amides is 1. The number of aliphatic hydroxyl groups is 1. The SMILES string of the molecule is O=C(Nc1ccc2c(c1)CN(CC(F)(F)F)C2)c1ccc(NS(=O)(=O)CCO)cc1N1CCC2(CC1)CC2. The molecule has 2 heterocycles. The molecule has 0 radical (unpaired) electrons. The Morgan fingerprint density at radius 3 is 2.32 bits per heavy atom. The molecule has 5 rings (SSSR count). The average Bonchev–Trinajstić information content (AvgIpc) is 3.46. The van der Waals surface area contributed by atoms with Gasteiger partial charge in [0.2, 0.25) is 10.0 Å². The lowest BCUT2D eigenvalue weighted by Gasteiger charge is -2.35. The Morgan fingerprint density at radius 1 is 0.974 bits per heavy atom. The Hall–Kier alpha value is -2.83. The normalized spacial score (nSPS) is 18.9. The van der Waals surface area contributed by atoms with Crippen molar-refractivity contribution in [1.29, 1.82) is 0 Å². The zero-order valence-electron chi connectivity index (χ0n) is 20.9. The molecule has 0 bridgehead atoms. The van der Waals surface area contributed by atoms with Crippen LogP contribution >= 0.6 is 0 Å². The van der Waals surface area contributed by atoms with Crippen molar-refractivity contribution in [1.82, 2.24) is 4.90 Å². The van der Waals surface area contributed by atoms with E-state index in [9.17, 15) is 26.4 Å². The molecule has 38 heavy (non-hydrogen) atoms. The lowest BCUT2D eigenvalue weighted by molar-refractivity contribution is -0.146. The van der Waals surface area contributed by atoms with Crippen LogP contribution in [0.4, 0.5) is 30.2 Å². The zero-order chi connectivity index (χ0) is 27.1. The van der Waals surface area contributed by atoms with Crippen LogP contribution in [0.2, 0.25) is 0 Å². The van der Waals surface area contributed by atoms with Crippen LogP contribution in [0, 0.1) is 5.41 Å². The zero-order valence-corrected chi connectivity index (χ0v) is 21.7. The number of carbonyl (C=O) groups is 1. The van der Waals surface area contributed by atoms with Gasteiger partial charge in [-0.25, -0.2) is 8.42 Å². The highest BCUT2D eigenvalue weighted by molar-refractivity contribution is 7.92. The average molecular weight is 553 g/mol. The summed E-state index contributed by atoms with van der Waals surface area (Å²) in [6.07, 6.45) is 0.172. The summed E-state index contributed by atoms with van der Waals surface area (Å²) >= 11 is 0. The van der Waals surface area contributed by atoms with Crippen LogP contribution in [0.1, 0.15) is 47.2 Å². The number of benzene rings is 2. The highest BCUT2D eigenvalue weighted by Gasteiger charge is 2.44. The Labute approximate surface area is 219 Å². The number of sulfonamides is 1. The molecule has 1 amide bonds. The maximum Gasteiger partial charge on any atom is 0.401 e. The summed E-state index contributed by atoms with van der Waals surface area (Å²) in [5, 5.41) is 11.9. The summed E-state index contributed by atoms with van der Waals surface area (Å²) in [7, 11) is -3.74. The van der Waals surface area contributed by atoms with Crippen molar-refractivity contribution in [2.75, 3.05) is 46.9 Å². The molecule has 0 atom stereocenters. The van der Waals surface area contributed by atoms with Gasteiger partial charge in [-0.05, 0) is 72.6 Å². The van der Waals surface area contributed by atoms with E-state index in [0.29, 0.717) is 28.0 Å². The molecule has 2 aromatic rings. The summed E-state index contributed by atoms with van der Waals surface area (Å²) in [5.41, 5.74) is 3.72. The number of hydrogen-bond acceptors (Lipinski definition) is 6. The number of hydrogen-bond donors (Lipinski definition) is 3. The van der Waals surface area contributed by atoms with E-state index in [1.165, 1.54) is 23.8 Å². The fourth-order valence-electron chi connectivity index (χ4n) is 5.40. The first-order valence-electron chi connectivity index (χ1n) is 12.7. The van der Waals surface area contributed by atoms with Gasteiger partial charge in [0, 0.05) is 31.9 Å². The summed E-state index contributed by atoms with van der Waals surface area (Å²) in [6, 6.07) is 9.85. The van der Waals surface area contributed by atoms with Gasteiger partial charge in [-0.15, -0.1) is 0 Å². The third-order valence-corrected chi connectivity index (χ3v) is 8.92. The van der Waals surface area contributed by atoms with E-state index in [2.05, 4.69) is 14.9 Å². The maximum atomic E-state index is 13.4. The number of piperidine rings is 1. The predicted octanol–water partition coefficient (Wildman–Crippen LogP) is 3.93. The van der Waals surface area contributed by atoms with Gasteiger partial charge in [-0.1, -0.05) is 6.07 Å². The van der Waals surface area contributed by atoms with Crippen molar-refractivity contribution >= 4 is 33.0 Å². The van der Waals surface area contributed by atoms with Gasteiger partial charge in [-0.3, -0.25) is 14.4 Å². The Balaban J connectivity index is 1.35. The highest BCUT2D eigenvalue weighted by atomic mass is 32.2. The number of nitrogens with zero attached hydrogens (tertiary/aromatic N) is 2. The monoisotopic (exact) mass is 552 g/mol. The number of fused-ring (bicyclic) bond motifs is 1. The number of aliphatic hydroxyl groups excluding tert-OH is 1. The minimum absolute atomic E-state index is 0.155. The molecule has 3 N–H and O–H groups in total. The van der Waals surface area contributed by atoms with Crippen LogP contribution in [0.15, 0.2) is 36.4 Å². The Kier molecular flexibility index (Phi) is 7.08. The van der Waals surface area contributed by atoms with Crippen LogP contribution in [0.25, 0.3) is 0 Å². The third kappa shape index (κ3) is 6.24. The van der Waals surface area contributed by atoms with Gasteiger partial charge < -0.3 is 15.3 Å². The molecule has 12 heteroatoms. The number of alkyl halides is 3. The lowest BCUT2D eigenvalue weighted by atomic mass is 9.93. The minimum atomic E-state index is -4.28. The summed E-state index contributed by atoms with van der Waals surface area (Å²) < 4.78 is 65.3. The van der Waals surface area contributed by atoms with Crippen LogP contribution < -0.4 is 14.9 Å². The summed E-state index contributed by atoms with van der Waals surface area (Å²) in [4.78, 5) is 16.8. The molecule has 0 unspecified atom stereocenters. The first kappa shape index (κ1) is 26.8. The number of carbonyl (C=O) groups excluding carboxylic acids is 1. The van der Waals surface area contributed by atoms with Crippen molar-refractivity contribution in [3.63, 3.8) is 0 Å². The second kappa shape index (κ2) is 10.0. The molecule has 2 aromatic carbocycles. The smallest absolute Gasteiger partial charge is 0.395 e. The van der Waals surface area contributed by atoms with E-state index in [0.717, 1.165) is 37.1 Å². The van der Waals surface area contributed by atoms with Gasteiger partial charge in [0.1, 0.15) is 0 Å². The van der Waals surface area contributed by atoms with Crippen LogP contribution in [-0.2, 0) is 23.1 Å².